The van der Waals surface area contributed by atoms with Gasteiger partial charge in [-0.25, -0.2) is 4.98 Å². The summed E-state index contributed by atoms with van der Waals surface area (Å²) in [6, 6.07) is 5.83. The van der Waals surface area contributed by atoms with Gasteiger partial charge >= 0.3 is 0 Å². The van der Waals surface area contributed by atoms with Crippen LogP contribution >= 0.6 is 11.6 Å². The fourth-order valence-corrected chi connectivity index (χ4v) is 2.93. The molecule has 1 saturated heterocycles. The van der Waals surface area contributed by atoms with Gasteiger partial charge < -0.3 is 15.4 Å². The molecule has 0 radical (unpaired) electrons. The van der Waals surface area contributed by atoms with Gasteiger partial charge in [-0.15, -0.1) is 0 Å². The van der Waals surface area contributed by atoms with Crippen LogP contribution in [0, 0.1) is 6.92 Å². The van der Waals surface area contributed by atoms with E-state index in [0.29, 0.717) is 23.1 Å². The number of aromatic nitrogens is 3. The summed E-state index contributed by atoms with van der Waals surface area (Å²) in [4.78, 5) is 14.8. The van der Waals surface area contributed by atoms with E-state index in [9.17, 15) is 0 Å². The van der Waals surface area contributed by atoms with Crippen molar-refractivity contribution in [3.63, 3.8) is 0 Å². The second-order valence-electron chi connectivity index (χ2n) is 5.65. The largest absolute Gasteiger partial charge is 0.370 e. The molecule has 23 heavy (non-hydrogen) atoms. The summed E-state index contributed by atoms with van der Waals surface area (Å²) >= 11 is 6.35. The molecule has 1 aliphatic rings. The molecule has 7 heteroatoms. The van der Waals surface area contributed by atoms with Crippen LogP contribution in [0.5, 0.6) is 0 Å². The quantitative estimate of drug-likeness (QED) is 0.926. The van der Waals surface area contributed by atoms with Crippen LogP contribution < -0.4 is 10.6 Å². The van der Waals surface area contributed by atoms with Gasteiger partial charge in [0.15, 0.2) is 5.82 Å². The fraction of sp³-hybridized carbons (Fsp3) is 0.438. The third-order valence-electron chi connectivity index (χ3n) is 3.89. The number of hydrogen-bond acceptors (Lipinski definition) is 6. The maximum Gasteiger partial charge on any atom is 0.222 e. The average Bonchev–Trinajstić information content (AvgIpc) is 2.57. The van der Waals surface area contributed by atoms with Crippen LogP contribution in [-0.2, 0) is 11.3 Å². The predicted molar refractivity (Wildman–Crippen MR) is 90.5 cm³/mol. The Balaban J connectivity index is 1.66. The first-order valence-electron chi connectivity index (χ1n) is 7.69. The minimum absolute atomic E-state index is 0.123. The number of nitrogens with zero attached hydrogens (tertiary/aromatic N) is 4. The Morgan fingerprint density at radius 1 is 1.39 bits per heavy atom. The molecule has 2 aromatic heterocycles. The molecule has 1 aliphatic heterocycles. The van der Waals surface area contributed by atoms with E-state index in [1.54, 1.807) is 6.20 Å². The normalized spacial score (nSPS) is 18.2. The number of ether oxygens (including phenoxy) is 1. The van der Waals surface area contributed by atoms with E-state index in [1.807, 2.05) is 25.1 Å². The first-order chi connectivity index (χ1) is 11.1. The van der Waals surface area contributed by atoms with Crippen molar-refractivity contribution in [2.75, 3.05) is 23.7 Å². The van der Waals surface area contributed by atoms with Crippen LogP contribution in [0.4, 0.5) is 11.8 Å². The van der Waals surface area contributed by atoms with Crippen molar-refractivity contribution in [2.24, 2.45) is 0 Å². The Kier molecular flexibility index (Phi) is 4.93. The summed E-state index contributed by atoms with van der Waals surface area (Å²) in [6.07, 6.45) is 3.93. The van der Waals surface area contributed by atoms with Gasteiger partial charge in [0.2, 0.25) is 5.95 Å². The minimum atomic E-state index is 0.123. The standard InChI is InChI=1S/C16H20ClN5O/c1-11-14(17)15(21-16(18)20-11)22-8-4-6-13(9-22)23-10-12-5-2-3-7-19-12/h2-3,5,7,13H,4,6,8-10H2,1H3,(H2,18,20,21). The van der Waals surface area contributed by atoms with Crippen molar-refractivity contribution in [1.29, 1.82) is 0 Å². The van der Waals surface area contributed by atoms with Crippen LogP contribution in [-0.4, -0.2) is 34.1 Å². The van der Waals surface area contributed by atoms with Gasteiger partial charge in [0.1, 0.15) is 5.02 Å². The predicted octanol–water partition coefficient (Wildman–Crippen LogP) is 2.60. The van der Waals surface area contributed by atoms with Gasteiger partial charge in [-0.3, -0.25) is 4.98 Å². The maximum atomic E-state index is 6.35. The Hall–Kier alpha value is -1.92. The number of aryl methyl sites for hydroxylation is 1. The van der Waals surface area contributed by atoms with Crippen molar-refractivity contribution >= 4 is 23.4 Å². The average molecular weight is 334 g/mol. The molecule has 1 atom stereocenters. The Morgan fingerprint density at radius 3 is 3.04 bits per heavy atom. The highest BCUT2D eigenvalue weighted by Gasteiger charge is 2.24. The summed E-state index contributed by atoms with van der Waals surface area (Å²) < 4.78 is 6.00. The van der Waals surface area contributed by atoms with E-state index >= 15 is 0 Å². The smallest absolute Gasteiger partial charge is 0.222 e. The molecule has 2 aromatic rings. The monoisotopic (exact) mass is 333 g/mol. The summed E-state index contributed by atoms with van der Waals surface area (Å²) in [5, 5.41) is 0.560. The van der Waals surface area contributed by atoms with Crippen molar-refractivity contribution in [2.45, 2.75) is 32.5 Å². The van der Waals surface area contributed by atoms with Crippen molar-refractivity contribution in [3.05, 3.63) is 40.8 Å². The van der Waals surface area contributed by atoms with Crippen LogP contribution in [0.2, 0.25) is 5.02 Å². The number of hydrogen-bond donors (Lipinski definition) is 1. The maximum absolute atomic E-state index is 6.35. The van der Waals surface area contributed by atoms with Crippen LogP contribution in [0.25, 0.3) is 0 Å². The number of rotatable bonds is 4. The molecule has 6 nitrogen and oxygen atoms in total. The van der Waals surface area contributed by atoms with Gasteiger partial charge in [-0.2, -0.15) is 4.98 Å². The van der Waals surface area contributed by atoms with Gasteiger partial charge in [0.05, 0.1) is 24.1 Å². The summed E-state index contributed by atoms with van der Waals surface area (Å²) in [5.41, 5.74) is 7.39. The highest BCUT2D eigenvalue weighted by molar-refractivity contribution is 6.33. The third-order valence-corrected chi connectivity index (χ3v) is 4.33. The summed E-state index contributed by atoms with van der Waals surface area (Å²) in [7, 11) is 0. The first kappa shape index (κ1) is 16.0. The molecule has 0 saturated carbocycles. The molecule has 0 aromatic carbocycles. The molecule has 2 N–H and O–H groups in total. The highest BCUT2D eigenvalue weighted by Crippen LogP contribution is 2.29. The van der Waals surface area contributed by atoms with E-state index in [0.717, 1.165) is 31.6 Å². The van der Waals surface area contributed by atoms with Gasteiger partial charge in [0, 0.05) is 19.3 Å². The number of piperidine rings is 1. The van der Waals surface area contributed by atoms with Crippen LogP contribution in [0.3, 0.4) is 0 Å². The van der Waals surface area contributed by atoms with Crippen LogP contribution in [0.15, 0.2) is 24.4 Å². The van der Waals surface area contributed by atoms with Gasteiger partial charge in [0.25, 0.3) is 0 Å². The second-order valence-corrected chi connectivity index (χ2v) is 6.03. The lowest BCUT2D eigenvalue weighted by Crippen LogP contribution is -2.40. The van der Waals surface area contributed by atoms with E-state index in [4.69, 9.17) is 22.1 Å². The zero-order valence-corrected chi connectivity index (χ0v) is 13.8. The molecule has 3 rings (SSSR count). The molecule has 0 aliphatic carbocycles. The van der Waals surface area contributed by atoms with E-state index in [1.165, 1.54) is 0 Å². The van der Waals surface area contributed by atoms with Crippen molar-refractivity contribution in [3.8, 4) is 0 Å². The molecular formula is C16H20ClN5O. The third kappa shape index (κ3) is 3.89. The minimum Gasteiger partial charge on any atom is -0.370 e. The number of nitrogen functional groups attached to an aromatic ring is 1. The lowest BCUT2D eigenvalue weighted by atomic mass is 10.1. The first-order valence-corrected chi connectivity index (χ1v) is 8.07. The molecular weight excluding hydrogens is 314 g/mol. The van der Waals surface area contributed by atoms with Crippen molar-refractivity contribution in [1.82, 2.24) is 15.0 Å². The lowest BCUT2D eigenvalue weighted by Gasteiger charge is -2.34. The molecule has 3 heterocycles. The summed E-state index contributed by atoms with van der Waals surface area (Å²) in [5.74, 6) is 0.946. The van der Waals surface area contributed by atoms with Gasteiger partial charge in [-0.05, 0) is 31.9 Å². The molecule has 1 unspecified atom stereocenters. The zero-order valence-electron chi connectivity index (χ0n) is 13.1. The van der Waals surface area contributed by atoms with Crippen molar-refractivity contribution < 1.29 is 4.74 Å². The zero-order chi connectivity index (χ0) is 16.2. The van der Waals surface area contributed by atoms with Gasteiger partial charge in [-0.1, -0.05) is 17.7 Å². The molecule has 1 fully saturated rings. The Bertz CT molecular complexity index is 667. The number of nitrogens with two attached hydrogens (primary N) is 1. The molecule has 0 amide bonds. The number of pyridine rings is 1. The van der Waals surface area contributed by atoms with E-state index < -0.39 is 0 Å². The Labute approximate surface area is 140 Å². The Morgan fingerprint density at radius 2 is 2.26 bits per heavy atom. The topological polar surface area (TPSA) is 77.2 Å². The molecule has 122 valence electrons. The SMILES string of the molecule is Cc1nc(N)nc(N2CCCC(OCc3ccccn3)C2)c1Cl. The highest BCUT2D eigenvalue weighted by atomic mass is 35.5. The van der Waals surface area contributed by atoms with E-state index in [2.05, 4.69) is 19.9 Å². The number of halogens is 1. The number of anilines is 2. The van der Waals surface area contributed by atoms with Crippen LogP contribution in [0.1, 0.15) is 24.2 Å². The molecule has 0 spiro atoms. The lowest BCUT2D eigenvalue weighted by molar-refractivity contribution is 0.0297. The summed E-state index contributed by atoms with van der Waals surface area (Å²) in [6.45, 7) is 3.97. The second kappa shape index (κ2) is 7.10. The molecule has 0 bridgehead atoms. The van der Waals surface area contributed by atoms with E-state index in [-0.39, 0.29) is 12.1 Å². The fourth-order valence-electron chi connectivity index (χ4n) is 2.73.